The molecule has 5 nitrogen and oxygen atoms in total. The summed E-state index contributed by atoms with van der Waals surface area (Å²) >= 11 is 0. The Morgan fingerprint density at radius 3 is 2.83 bits per heavy atom. The minimum atomic E-state index is -0.227. The number of fused-ring (bicyclic) bond motifs is 1. The van der Waals surface area contributed by atoms with E-state index in [4.69, 9.17) is 0 Å². The fraction of sp³-hybridized carbons (Fsp3) is 0.474. The summed E-state index contributed by atoms with van der Waals surface area (Å²) in [5, 5.41) is 3.00. The summed E-state index contributed by atoms with van der Waals surface area (Å²) in [6, 6.07) is 6.55. The van der Waals surface area contributed by atoms with Gasteiger partial charge >= 0.3 is 0 Å². The van der Waals surface area contributed by atoms with E-state index in [2.05, 4.69) is 40.3 Å². The molecule has 1 amide bonds. The van der Waals surface area contributed by atoms with E-state index >= 15 is 0 Å². The molecule has 5 heteroatoms. The molecule has 2 heterocycles. The zero-order chi connectivity index (χ0) is 17.3. The molecule has 1 N–H and O–H groups in total. The summed E-state index contributed by atoms with van der Waals surface area (Å²) in [6.07, 6.45) is 4.64. The minimum absolute atomic E-state index is 0.0000631. The average molecular weight is 326 g/mol. The van der Waals surface area contributed by atoms with Gasteiger partial charge < -0.3 is 14.8 Å². The number of rotatable bonds is 4. The summed E-state index contributed by atoms with van der Waals surface area (Å²) in [4.78, 5) is 18.9. The maximum atomic E-state index is 12.2. The van der Waals surface area contributed by atoms with Crippen molar-refractivity contribution in [2.45, 2.75) is 46.2 Å². The van der Waals surface area contributed by atoms with E-state index in [0.29, 0.717) is 0 Å². The number of benzene rings is 1. The summed E-state index contributed by atoms with van der Waals surface area (Å²) in [7, 11) is 0. The molecule has 0 saturated carbocycles. The highest BCUT2D eigenvalue weighted by Gasteiger charge is 2.19. The molecule has 0 radical (unpaired) electrons. The lowest BCUT2D eigenvalue weighted by atomic mass is 10.1. The van der Waals surface area contributed by atoms with Gasteiger partial charge in [-0.05, 0) is 51.8 Å². The smallest absolute Gasteiger partial charge is 0.240 e. The van der Waals surface area contributed by atoms with E-state index < -0.39 is 0 Å². The number of hydrogen-bond donors (Lipinski definition) is 1. The maximum absolute atomic E-state index is 12.2. The van der Waals surface area contributed by atoms with Crippen LogP contribution in [0.15, 0.2) is 30.7 Å². The van der Waals surface area contributed by atoms with Crippen LogP contribution in [0.1, 0.15) is 33.3 Å². The Morgan fingerprint density at radius 1 is 1.33 bits per heavy atom. The van der Waals surface area contributed by atoms with Gasteiger partial charge in [0.15, 0.2) is 0 Å². The summed E-state index contributed by atoms with van der Waals surface area (Å²) in [5.41, 5.74) is 4.58. The first-order valence-corrected chi connectivity index (χ1v) is 8.57. The number of likely N-dealkylation sites (N-methyl/N-ethyl adjacent to an activating group) is 1. The number of aromatic nitrogens is 2. The highest BCUT2D eigenvalue weighted by Crippen LogP contribution is 2.32. The first-order valence-electron chi connectivity index (χ1n) is 8.57. The van der Waals surface area contributed by atoms with Crippen molar-refractivity contribution < 1.29 is 4.79 Å². The monoisotopic (exact) mass is 326 g/mol. The molecule has 2 aromatic rings. The highest BCUT2D eigenvalue weighted by atomic mass is 16.2. The Bertz CT molecular complexity index is 742. The van der Waals surface area contributed by atoms with Crippen LogP contribution in [0, 0.1) is 0 Å². The number of amides is 1. The number of carbonyl (C=O) groups excluding carboxylic acids is 1. The predicted molar refractivity (Wildman–Crippen MR) is 97.1 cm³/mol. The van der Waals surface area contributed by atoms with Gasteiger partial charge in [-0.15, -0.1) is 0 Å². The van der Waals surface area contributed by atoms with Crippen LogP contribution in [0.3, 0.4) is 0 Å². The molecular formula is C19H26N4O. The third kappa shape index (κ3) is 3.45. The van der Waals surface area contributed by atoms with E-state index in [-0.39, 0.29) is 18.0 Å². The number of carbonyl (C=O) groups is 1. The van der Waals surface area contributed by atoms with Gasteiger partial charge in [-0.3, -0.25) is 4.79 Å². The molecule has 0 bridgehead atoms. The van der Waals surface area contributed by atoms with Crippen molar-refractivity contribution in [1.82, 2.24) is 14.9 Å². The summed E-state index contributed by atoms with van der Waals surface area (Å²) in [5.74, 6) is 0.0000631. The normalized spacial score (nSPS) is 13.9. The molecule has 0 unspecified atom stereocenters. The van der Waals surface area contributed by atoms with E-state index in [1.165, 1.54) is 11.3 Å². The fourth-order valence-corrected chi connectivity index (χ4v) is 3.26. The van der Waals surface area contributed by atoms with Gasteiger partial charge in [-0.2, -0.15) is 0 Å². The van der Waals surface area contributed by atoms with Crippen LogP contribution in [-0.4, -0.2) is 34.1 Å². The number of imidazole rings is 1. The lowest BCUT2D eigenvalue weighted by molar-refractivity contribution is -0.123. The highest BCUT2D eigenvalue weighted by molar-refractivity contribution is 5.77. The van der Waals surface area contributed by atoms with Crippen LogP contribution < -0.4 is 10.2 Å². The Morgan fingerprint density at radius 2 is 2.12 bits per heavy atom. The van der Waals surface area contributed by atoms with Crippen molar-refractivity contribution in [3.63, 3.8) is 0 Å². The number of hydrogen-bond acceptors (Lipinski definition) is 3. The van der Waals surface area contributed by atoms with Crippen LogP contribution >= 0.6 is 0 Å². The van der Waals surface area contributed by atoms with Crippen LogP contribution in [0.4, 0.5) is 5.69 Å². The second kappa shape index (κ2) is 6.30. The van der Waals surface area contributed by atoms with Crippen LogP contribution in [0.25, 0.3) is 11.3 Å². The molecule has 1 aromatic heterocycles. The average Bonchev–Trinajstić information content (AvgIpc) is 3.10. The Hall–Kier alpha value is -2.30. The standard InChI is InChI=1S/C19H26N4O/c1-5-22-9-8-15-10-14(6-7-16(15)22)17-11-20-13-23(17)12-18(24)21-19(2,3)4/h6-7,10-11,13H,5,8-9,12H2,1-4H3,(H,21,24). The molecule has 1 aliphatic heterocycles. The lowest BCUT2D eigenvalue weighted by Crippen LogP contribution is -2.42. The molecule has 0 aliphatic carbocycles. The van der Waals surface area contributed by atoms with Crippen LogP contribution in [-0.2, 0) is 17.8 Å². The Labute approximate surface area is 143 Å². The SMILES string of the molecule is CCN1CCc2cc(-c3cncn3CC(=O)NC(C)(C)C)ccc21. The first-order chi connectivity index (χ1) is 11.4. The Kier molecular flexibility index (Phi) is 4.35. The zero-order valence-corrected chi connectivity index (χ0v) is 15.0. The number of nitrogens with zero attached hydrogens (tertiary/aromatic N) is 3. The molecule has 0 fully saturated rings. The van der Waals surface area contributed by atoms with Crippen molar-refractivity contribution in [1.29, 1.82) is 0 Å². The number of nitrogens with one attached hydrogen (secondary N) is 1. The predicted octanol–water partition coefficient (Wildman–Crippen LogP) is 2.85. The van der Waals surface area contributed by atoms with Crippen molar-refractivity contribution in [3.8, 4) is 11.3 Å². The Balaban J connectivity index is 1.82. The van der Waals surface area contributed by atoms with Crippen LogP contribution in [0.2, 0.25) is 0 Å². The molecule has 1 aliphatic rings. The van der Waals surface area contributed by atoms with Crippen molar-refractivity contribution in [3.05, 3.63) is 36.3 Å². The van der Waals surface area contributed by atoms with Gasteiger partial charge in [0.1, 0.15) is 6.54 Å². The molecule has 0 spiro atoms. The molecular weight excluding hydrogens is 300 g/mol. The van der Waals surface area contributed by atoms with Gasteiger partial charge in [0.05, 0.1) is 18.2 Å². The van der Waals surface area contributed by atoms with Gasteiger partial charge in [0.25, 0.3) is 0 Å². The maximum Gasteiger partial charge on any atom is 0.240 e. The topological polar surface area (TPSA) is 50.2 Å². The number of anilines is 1. The van der Waals surface area contributed by atoms with Gasteiger partial charge in [-0.25, -0.2) is 4.98 Å². The molecule has 0 saturated heterocycles. The second-order valence-electron chi connectivity index (χ2n) is 7.38. The summed E-state index contributed by atoms with van der Waals surface area (Å²) < 4.78 is 1.91. The largest absolute Gasteiger partial charge is 0.371 e. The molecule has 0 atom stereocenters. The third-order valence-electron chi connectivity index (χ3n) is 4.29. The van der Waals surface area contributed by atoms with Gasteiger partial charge in [0, 0.05) is 29.9 Å². The second-order valence-corrected chi connectivity index (χ2v) is 7.38. The van der Waals surface area contributed by atoms with Gasteiger partial charge in [0.2, 0.25) is 5.91 Å². The van der Waals surface area contributed by atoms with E-state index in [9.17, 15) is 4.79 Å². The van der Waals surface area contributed by atoms with Crippen molar-refractivity contribution in [2.75, 3.05) is 18.0 Å². The molecule has 128 valence electrons. The van der Waals surface area contributed by atoms with Crippen LogP contribution in [0.5, 0.6) is 0 Å². The molecule has 24 heavy (non-hydrogen) atoms. The van der Waals surface area contributed by atoms with Crippen molar-refractivity contribution >= 4 is 11.6 Å². The van der Waals surface area contributed by atoms with E-state index in [1.54, 1.807) is 6.33 Å². The summed E-state index contributed by atoms with van der Waals surface area (Å²) in [6.45, 7) is 10.6. The third-order valence-corrected chi connectivity index (χ3v) is 4.29. The zero-order valence-electron chi connectivity index (χ0n) is 15.0. The quantitative estimate of drug-likeness (QED) is 0.940. The molecule has 1 aromatic carbocycles. The first kappa shape index (κ1) is 16.6. The fourth-order valence-electron chi connectivity index (χ4n) is 3.26. The minimum Gasteiger partial charge on any atom is -0.371 e. The van der Waals surface area contributed by atoms with E-state index in [0.717, 1.165) is 30.8 Å². The van der Waals surface area contributed by atoms with E-state index in [1.807, 2.05) is 31.5 Å². The molecule has 3 rings (SSSR count). The van der Waals surface area contributed by atoms with Crippen molar-refractivity contribution in [2.24, 2.45) is 0 Å². The lowest BCUT2D eigenvalue weighted by Gasteiger charge is -2.21. The van der Waals surface area contributed by atoms with Gasteiger partial charge in [-0.1, -0.05) is 6.07 Å².